The van der Waals surface area contributed by atoms with Crippen LogP contribution in [0.3, 0.4) is 0 Å². The first-order valence-electron chi connectivity index (χ1n) is 13.7. The number of hydrogen-bond donors (Lipinski definition) is 2. The number of rotatable bonds is 7. The molecular weight excluding hydrogens is 380 g/mol. The largest absolute Gasteiger partial charge is 0.396 e. The van der Waals surface area contributed by atoms with E-state index in [-0.39, 0.29) is 6.10 Å². The lowest BCUT2D eigenvalue weighted by Crippen LogP contribution is -2.50. The molecule has 2 N–H and O–H groups in total. The van der Waals surface area contributed by atoms with E-state index in [0.29, 0.717) is 29.3 Å². The minimum atomic E-state index is -0.0954. The molecule has 4 aliphatic carbocycles. The van der Waals surface area contributed by atoms with Gasteiger partial charge in [0.15, 0.2) is 0 Å². The van der Waals surface area contributed by atoms with Crippen molar-refractivity contribution in [2.75, 3.05) is 6.61 Å². The van der Waals surface area contributed by atoms with Gasteiger partial charge in [-0.05, 0) is 116 Å². The number of hydrogen-bond acceptors (Lipinski definition) is 2. The molecule has 0 aromatic carbocycles. The summed E-state index contributed by atoms with van der Waals surface area (Å²) < 4.78 is 0. The fourth-order valence-corrected chi connectivity index (χ4v) is 9.27. The lowest BCUT2D eigenvalue weighted by Gasteiger charge is -2.58. The van der Waals surface area contributed by atoms with Gasteiger partial charge in [0.05, 0.1) is 6.10 Å². The molecule has 0 saturated heterocycles. The lowest BCUT2D eigenvalue weighted by atomic mass is 9.47. The molecule has 31 heavy (non-hydrogen) atoms. The molecule has 2 nitrogen and oxygen atoms in total. The van der Waals surface area contributed by atoms with Gasteiger partial charge >= 0.3 is 0 Å². The molecule has 9 atom stereocenters. The highest BCUT2D eigenvalue weighted by Gasteiger charge is 2.59. The second kappa shape index (κ2) is 9.13. The summed E-state index contributed by atoms with van der Waals surface area (Å²) >= 11 is 0. The standard InChI is InChI=1S/C29H50O2/c1-19(2)21(14-17-30)7-6-20(3)25-10-11-26-24-9-8-22-18-23(31)12-15-28(22,4)27(24)13-16-29(25,26)5/h8,19-21,23-27,30-31H,6-7,9-18H2,1-5H3/t20-,21+,23?,24+,25-,26+,27+,28+,29-/m1/s1. The molecule has 0 aliphatic heterocycles. The van der Waals surface area contributed by atoms with Crippen LogP contribution in [0.1, 0.15) is 105 Å². The van der Waals surface area contributed by atoms with Gasteiger partial charge in [-0.2, -0.15) is 0 Å². The molecule has 4 aliphatic rings. The fourth-order valence-electron chi connectivity index (χ4n) is 9.27. The van der Waals surface area contributed by atoms with Crippen LogP contribution in [-0.4, -0.2) is 22.9 Å². The van der Waals surface area contributed by atoms with Crippen LogP contribution in [0.15, 0.2) is 11.6 Å². The number of fused-ring (bicyclic) bond motifs is 5. The third-order valence-electron chi connectivity index (χ3n) is 11.3. The molecule has 0 radical (unpaired) electrons. The van der Waals surface area contributed by atoms with Crippen LogP contribution in [-0.2, 0) is 0 Å². The first-order valence-corrected chi connectivity index (χ1v) is 13.7. The predicted molar refractivity (Wildman–Crippen MR) is 130 cm³/mol. The van der Waals surface area contributed by atoms with Crippen LogP contribution in [0.5, 0.6) is 0 Å². The highest BCUT2D eigenvalue weighted by atomic mass is 16.3. The Bertz CT molecular complexity index is 653. The Labute approximate surface area is 192 Å². The van der Waals surface area contributed by atoms with Crippen molar-refractivity contribution in [3.05, 3.63) is 11.6 Å². The van der Waals surface area contributed by atoms with Gasteiger partial charge in [-0.1, -0.05) is 52.7 Å². The van der Waals surface area contributed by atoms with Crippen LogP contribution in [0.4, 0.5) is 0 Å². The predicted octanol–water partition coefficient (Wildman–Crippen LogP) is 7.00. The van der Waals surface area contributed by atoms with Gasteiger partial charge in [-0.3, -0.25) is 0 Å². The zero-order valence-corrected chi connectivity index (χ0v) is 21.1. The summed E-state index contributed by atoms with van der Waals surface area (Å²) in [5.74, 6) is 5.67. The molecule has 0 bridgehead atoms. The summed E-state index contributed by atoms with van der Waals surface area (Å²) in [6.45, 7) is 12.8. The summed E-state index contributed by atoms with van der Waals surface area (Å²) in [5.41, 5.74) is 2.49. The van der Waals surface area contributed by atoms with E-state index in [9.17, 15) is 10.2 Å². The Balaban J connectivity index is 1.46. The van der Waals surface area contributed by atoms with Crippen molar-refractivity contribution in [3.63, 3.8) is 0 Å². The lowest BCUT2D eigenvalue weighted by molar-refractivity contribution is -0.0575. The van der Waals surface area contributed by atoms with E-state index < -0.39 is 0 Å². The van der Waals surface area contributed by atoms with Gasteiger partial charge in [0.25, 0.3) is 0 Å². The van der Waals surface area contributed by atoms with E-state index in [1.165, 1.54) is 51.4 Å². The topological polar surface area (TPSA) is 40.5 Å². The molecule has 3 saturated carbocycles. The van der Waals surface area contributed by atoms with Gasteiger partial charge in [0, 0.05) is 6.61 Å². The minimum absolute atomic E-state index is 0.0954. The van der Waals surface area contributed by atoms with Gasteiger partial charge in [0.2, 0.25) is 0 Å². The first-order chi connectivity index (χ1) is 14.7. The smallest absolute Gasteiger partial charge is 0.0577 e. The number of aliphatic hydroxyl groups is 2. The van der Waals surface area contributed by atoms with E-state index in [2.05, 4.69) is 40.7 Å². The number of allylic oxidation sites excluding steroid dienone is 1. The third-order valence-corrected chi connectivity index (χ3v) is 11.3. The second-order valence-corrected chi connectivity index (χ2v) is 13.0. The van der Waals surface area contributed by atoms with Crippen LogP contribution in [0, 0.1) is 52.3 Å². The monoisotopic (exact) mass is 430 g/mol. The summed E-state index contributed by atoms with van der Waals surface area (Å²) in [7, 11) is 0. The molecule has 3 fully saturated rings. The highest BCUT2D eigenvalue weighted by Crippen LogP contribution is 2.67. The van der Waals surface area contributed by atoms with E-state index in [1.54, 1.807) is 5.57 Å². The Morgan fingerprint density at radius 2 is 1.74 bits per heavy atom. The molecule has 4 rings (SSSR count). The fraction of sp³-hybridized carbons (Fsp3) is 0.931. The van der Waals surface area contributed by atoms with Gasteiger partial charge in [0.1, 0.15) is 0 Å². The van der Waals surface area contributed by atoms with E-state index in [4.69, 9.17) is 0 Å². The Hall–Kier alpha value is -0.340. The second-order valence-electron chi connectivity index (χ2n) is 13.0. The van der Waals surface area contributed by atoms with E-state index >= 15 is 0 Å². The average molecular weight is 431 g/mol. The van der Waals surface area contributed by atoms with Crippen LogP contribution in [0.25, 0.3) is 0 Å². The van der Waals surface area contributed by atoms with Gasteiger partial charge in [-0.25, -0.2) is 0 Å². The zero-order chi connectivity index (χ0) is 22.4. The minimum Gasteiger partial charge on any atom is -0.396 e. The molecule has 178 valence electrons. The van der Waals surface area contributed by atoms with Crippen LogP contribution in [0.2, 0.25) is 0 Å². The zero-order valence-electron chi connectivity index (χ0n) is 21.1. The molecule has 1 unspecified atom stereocenters. The van der Waals surface area contributed by atoms with Crippen molar-refractivity contribution in [2.24, 2.45) is 52.3 Å². The maximum absolute atomic E-state index is 10.2. The van der Waals surface area contributed by atoms with Crippen molar-refractivity contribution in [1.29, 1.82) is 0 Å². The maximum Gasteiger partial charge on any atom is 0.0577 e. The summed E-state index contributed by atoms with van der Waals surface area (Å²) in [6.07, 6.45) is 16.2. The Morgan fingerprint density at radius 3 is 2.45 bits per heavy atom. The van der Waals surface area contributed by atoms with E-state index in [0.717, 1.165) is 48.9 Å². The maximum atomic E-state index is 10.2. The molecule has 0 aromatic rings. The quantitative estimate of drug-likeness (QED) is 0.427. The van der Waals surface area contributed by atoms with Gasteiger partial charge < -0.3 is 10.2 Å². The Morgan fingerprint density at radius 1 is 0.968 bits per heavy atom. The highest BCUT2D eigenvalue weighted by molar-refractivity contribution is 5.25. The van der Waals surface area contributed by atoms with Crippen molar-refractivity contribution in [1.82, 2.24) is 0 Å². The van der Waals surface area contributed by atoms with E-state index in [1.807, 2.05) is 0 Å². The third kappa shape index (κ3) is 4.18. The summed E-state index contributed by atoms with van der Waals surface area (Å²) in [4.78, 5) is 0. The summed E-state index contributed by atoms with van der Waals surface area (Å²) in [6, 6.07) is 0. The number of aliphatic hydroxyl groups excluding tert-OH is 2. The van der Waals surface area contributed by atoms with Crippen LogP contribution >= 0.6 is 0 Å². The molecular formula is C29H50O2. The first kappa shape index (κ1) is 23.8. The summed E-state index contributed by atoms with van der Waals surface area (Å²) in [5, 5.41) is 19.7. The average Bonchev–Trinajstić information content (AvgIpc) is 3.08. The van der Waals surface area contributed by atoms with Gasteiger partial charge in [-0.15, -0.1) is 0 Å². The molecule has 0 amide bonds. The van der Waals surface area contributed by atoms with Crippen LogP contribution < -0.4 is 0 Å². The van der Waals surface area contributed by atoms with Crippen molar-refractivity contribution < 1.29 is 10.2 Å². The molecule has 0 spiro atoms. The SMILES string of the molecule is CC(C)[C@H](CCO)CC[C@@H](C)[C@H]1CC[C@H]2[C@@H]3CC=C4CC(O)CC[C@]4(C)[C@H]3CC[C@]12C. The molecule has 0 aromatic heterocycles. The van der Waals surface area contributed by atoms with Crippen molar-refractivity contribution in [3.8, 4) is 0 Å². The van der Waals surface area contributed by atoms with Crippen molar-refractivity contribution in [2.45, 2.75) is 111 Å². The molecule has 2 heteroatoms. The van der Waals surface area contributed by atoms with Crippen molar-refractivity contribution >= 4 is 0 Å². The normalized spacial score (nSPS) is 44.3. The Kier molecular flexibility index (Phi) is 7.01. The molecule has 0 heterocycles.